The summed E-state index contributed by atoms with van der Waals surface area (Å²) in [6.07, 6.45) is 0.0641. The molecule has 0 N–H and O–H groups in total. The van der Waals surface area contributed by atoms with Gasteiger partial charge in [0.1, 0.15) is 5.75 Å². The van der Waals surface area contributed by atoms with E-state index in [4.69, 9.17) is 4.74 Å². The minimum atomic E-state index is 0.0393. The van der Waals surface area contributed by atoms with Crippen molar-refractivity contribution in [2.45, 2.75) is 26.9 Å². The first-order valence-electron chi connectivity index (χ1n) is 5.79. The predicted molar refractivity (Wildman–Crippen MR) is 69.7 cm³/mol. The number of ether oxygens (including phenoxy) is 1. The summed E-state index contributed by atoms with van der Waals surface area (Å²) in [6, 6.07) is 11.7. The average Bonchev–Trinajstić information content (AvgIpc) is 2.27. The maximum absolute atomic E-state index is 11.8. The second-order valence-corrected chi connectivity index (χ2v) is 4.38. The first-order valence-corrected chi connectivity index (χ1v) is 5.79. The van der Waals surface area contributed by atoms with Crippen LogP contribution in [0.15, 0.2) is 36.4 Å². The van der Waals surface area contributed by atoms with E-state index in [1.807, 2.05) is 50.2 Å². The standard InChI is InChI=1S/C15H16O2/c1-10(2)17-14-9-8-12-6-4-5-7-13(12)15(14)11(3)16/h4-10H,1-3H3. The highest BCUT2D eigenvalue weighted by Gasteiger charge is 2.13. The van der Waals surface area contributed by atoms with Crippen LogP contribution in [0.25, 0.3) is 10.8 Å². The van der Waals surface area contributed by atoms with Crippen molar-refractivity contribution in [2.24, 2.45) is 0 Å². The summed E-state index contributed by atoms with van der Waals surface area (Å²) in [4.78, 5) is 11.8. The van der Waals surface area contributed by atoms with Gasteiger partial charge in [-0.2, -0.15) is 0 Å². The Balaban J connectivity index is 2.68. The Hall–Kier alpha value is -1.83. The molecular weight excluding hydrogens is 212 g/mol. The normalized spacial score (nSPS) is 10.8. The monoisotopic (exact) mass is 228 g/mol. The van der Waals surface area contributed by atoms with Gasteiger partial charge >= 0.3 is 0 Å². The van der Waals surface area contributed by atoms with Crippen LogP contribution in [0.2, 0.25) is 0 Å². The fraction of sp³-hybridized carbons (Fsp3) is 0.267. The summed E-state index contributed by atoms with van der Waals surface area (Å²) < 4.78 is 5.69. The second kappa shape index (κ2) is 4.58. The van der Waals surface area contributed by atoms with Crippen molar-refractivity contribution >= 4 is 16.6 Å². The lowest BCUT2D eigenvalue weighted by atomic mass is 10.0. The van der Waals surface area contributed by atoms with E-state index in [-0.39, 0.29) is 11.9 Å². The SMILES string of the molecule is CC(=O)c1c(OC(C)C)ccc2ccccc12. The molecule has 17 heavy (non-hydrogen) atoms. The molecule has 0 unspecified atom stereocenters. The molecule has 2 aromatic carbocycles. The van der Waals surface area contributed by atoms with Crippen LogP contribution in [0.4, 0.5) is 0 Å². The van der Waals surface area contributed by atoms with E-state index in [1.54, 1.807) is 6.92 Å². The third-order valence-electron chi connectivity index (χ3n) is 2.61. The Morgan fingerprint density at radius 2 is 1.82 bits per heavy atom. The second-order valence-electron chi connectivity index (χ2n) is 4.38. The summed E-state index contributed by atoms with van der Waals surface area (Å²) in [5.41, 5.74) is 0.678. The van der Waals surface area contributed by atoms with Crippen molar-refractivity contribution in [3.63, 3.8) is 0 Å². The zero-order valence-electron chi connectivity index (χ0n) is 10.4. The number of carbonyl (C=O) groups is 1. The molecule has 0 amide bonds. The third-order valence-corrected chi connectivity index (χ3v) is 2.61. The molecule has 0 spiro atoms. The Kier molecular flexibility index (Phi) is 3.14. The predicted octanol–water partition coefficient (Wildman–Crippen LogP) is 3.83. The topological polar surface area (TPSA) is 26.3 Å². The lowest BCUT2D eigenvalue weighted by Gasteiger charge is -2.14. The van der Waals surface area contributed by atoms with Crippen LogP contribution in [0.3, 0.4) is 0 Å². The molecule has 0 aliphatic rings. The number of ketones is 1. The number of hydrogen-bond donors (Lipinski definition) is 0. The fourth-order valence-electron chi connectivity index (χ4n) is 1.97. The summed E-state index contributed by atoms with van der Waals surface area (Å²) >= 11 is 0. The van der Waals surface area contributed by atoms with E-state index in [0.717, 1.165) is 10.8 Å². The number of benzene rings is 2. The van der Waals surface area contributed by atoms with Gasteiger partial charge < -0.3 is 4.74 Å². The van der Waals surface area contributed by atoms with E-state index >= 15 is 0 Å². The molecule has 0 saturated heterocycles. The minimum Gasteiger partial charge on any atom is -0.490 e. The van der Waals surface area contributed by atoms with Crippen molar-refractivity contribution < 1.29 is 9.53 Å². The Labute approximate surface area is 101 Å². The molecule has 0 radical (unpaired) electrons. The van der Waals surface area contributed by atoms with Gasteiger partial charge in [-0.25, -0.2) is 0 Å². The molecule has 88 valence electrons. The molecule has 0 atom stereocenters. The summed E-state index contributed by atoms with van der Waals surface area (Å²) in [7, 11) is 0. The van der Waals surface area contributed by atoms with E-state index in [1.165, 1.54) is 0 Å². The number of hydrogen-bond acceptors (Lipinski definition) is 2. The molecule has 2 aromatic rings. The lowest BCUT2D eigenvalue weighted by Crippen LogP contribution is -2.09. The highest BCUT2D eigenvalue weighted by Crippen LogP contribution is 2.29. The van der Waals surface area contributed by atoms with Gasteiger partial charge in [-0.15, -0.1) is 0 Å². The molecule has 0 fully saturated rings. The fourth-order valence-corrected chi connectivity index (χ4v) is 1.97. The molecule has 2 heteroatoms. The van der Waals surface area contributed by atoms with Crippen molar-refractivity contribution in [1.29, 1.82) is 0 Å². The van der Waals surface area contributed by atoms with Crippen molar-refractivity contribution in [3.8, 4) is 5.75 Å². The van der Waals surface area contributed by atoms with Crippen LogP contribution in [-0.4, -0.2) is 11.9 Å². The van der Waals surface area contributed by atoms with Crippen LogP contribution in [0.5, 0.6) is 5.75 Å². The number of fused-ring (bicyclic) bond motifs is 1. The Morgan fingerprint density at radius 3 is 2.47 bits per heavy atom. The van der Waals surface area contributed by atoms with Crippen molar-refractivity contribution in [1.82, 2.24) is 0 Å². The van der Waals surface area contributed by atoms with Gasteiger partial charge in [-0.3, -0.25) is 4.79 Å². The molecule has 2 rings (SSSR count). The molecule has 0 aliphatic heterocycles. The molecule has 2 nitrogen and oxygen atoms in total. The van der Waals surface area contributed by atoms with Gasteiger partial charge in [0.2, 0.25) is 0 Å². The van der Waals surface area contributed by atoms with Crippen LogP contribution in [0.1, 0.15) is 31.1 Å². The molecule has 0 saturated carbocycles. The van der Waals surface area contributed by atoms with E-state index in [2.05, 4.69) is 0 Å². The van der Waals surface area contributed by atoms with Gasteiger partial charge in [-0.05, 0) is 37.6 Å². The first kappa shape index (κ1) is 11.6. The summed E-state index contributed by atoms with van der Waals surface area (Å²) in [5.74, 6) is 0.712. The smallest absolute Gasteiger partial charge is 0.164 e. The Morgan fingerprint density at radius 1 is 1.12 bits per heavy atom. The highest BCUT2D eigenvalue weighted by atomic mass is 16.5. The first-order chi connectivity index (χ1) is 8.09. The zero-order chi connectivity index (χ0) is 12.4. The van der Waals surface area contributed by atoms with E-state index < -0.39 is 0 Å². The number of rotatable bonds is 3. The van der Waals surface area contributed by atoms with Gasteiger partial charge in [0.15, 0.2) is 5.78 Å². The van der Waals surface area contributed by atoms with Gasteiger partial charge in [0.05, 0.1) is 11.7 Å². The number of carbonyl (C=O) groups excluding carboxylic acids is 1. The molecule has 0 aromatic heterocycles. The molecule has 0 heterocycles. The molecular formula is C15H16O2. The van der Waals surface area contributed by atoms with Crippen LogP contribution < -0.4 is 4.74 Å². The Bertz CT molecular complexity index is 556. The molecule has 0 aliphatic carbocycles. The van der Waals surface area contributed by atoms with Gasteiger partial charge in [0, 0.05) is 0 Å². The largest absolute Gasteiger partial charge is 0.490 e. The highest BCUT2D eigenvalue weighted by molar-refractivity contribution is 6.09. The number of Topliss-reactive ketones (excluding diaryl/α,β-unsaturated/α-hetero) is 1. The summed E-state index contributed by atoms with van der Waals surface area (Å²) in [5, 5.41) is 2.02. The van der Waals surface area contributed by atoms with Gasteiger partial charge in [-0.1, -0.05) is 30.3 Å². The maximum Gasteiger partial charge on any atom is 0.164 e. The molecule has 0 bridgehead atoms. The van der Waals surface area contributed by atoms with E-state index in [0.29, 0.717) is 11.3 Å². The van der Waals surface area contributed by atoms with Crippen LogP contribution in [-0.2, 0) is 0 Å². The van der Waals surface area contributed by atoms with Crippen molar-refractivity contribution in [3.05, 3.63) is 42.0 Å². The van der Waals surface area contributed by atoms with Crippen LogP contribution in [0, 0.1) is 0 Å². The average molecular weight is 228 g/mol. The van der Waals surface area contributed by atoms with Gasteiger partial charge in [0.25, 0.3) is 0 Å². The zero-order valence-corrected chi connectivity index (χ0v) is 10.4. The van der Waals surface area contributed by atoms with Crippen molar-refractivity contribution in [2.75, 3.05) is 0 Å². The lowest BCUT2D eigenvalue weighted by molar-refractivity contribution is 0.101. The summed E-state index contributed by atoms with van der Waals surface area (Å²) in [6.45, 7) is 5.49. The maximum atomic E-state index is 11.8. The van der Waals surface area contributed by atoms with E-state index in [9.17, 15) is 4.79 Å². The quantitative estimate of drug-likeness (QED) is 0.746. The third kappa shape index (κ3) is 2.31. The van der Waals surface area contributed by atoms with Crippen LogP contribution >= 0.6 is 0 Å². The minimum absolute atomic E-state index is 0.0393.